The molecule has 3 rings (SSSR count). The second-order valence-electron chi connectivity index (χ2n) is 8.04. The van der Waals surface area contributed by atoms with Crippen LogP contribution in [-0.4, -0.2) is 25.5 Å². The van der Waals surface area contributed by atoms with Gasteiger partial charge in [-0.15, -0.1) is 0 Å². The van der Waals surface area contributed by atoms with E-state index in [1.54, 1.807) is 0 Å². The van der Waals surface area contributed by atoms with E-state index in [1.165, 1.54) is 38.5 Å². The topological polar surface area (TPSA) is 41.1 Å². The van der Waals surface area contributed by atoms with Crippen molar-refractivity contribution in [2.24, 2.45) is 22.7 Å². The van der Waals surface area contributed by atoms with Crippen molar-refractivity contribution in [3.05, 3.63) is 0 Å². The molecule has 114 valence electrons. The Morgan fingerprint density at radius 2 is 1.95 bits per heavy atom. The minimum atomic E-state index is 0.320. The largest absolute Gasteiger partial charge is 0.355 e. The summed E-state index contributed by atoms with van der Waals surface area (Å²) in [5.41, 5.74) is 0.806. The highest BCUT2D eigenvalue weighted by Gasteiger charge is 2.57. The number of rotatable bonds is 5. The zero-order valence-electron chi connectivity index (χ0n) is 13.1. The zero-order chi connectivity index (χ0) is 14.2. The molecule has 1 saturated heterocycles. The first-order valence-electron chi connectivity index (χ1n) is 8.54. The molecule has 0 aromatic heterocycles. The van der Waals surface area contributed by atoms with Crippen LogP contribution in [0.25, 0.3) is 0 Å². The number of nitrogens with one attached hydrogen (secondary N) is 2. The Balaban J connectivity index is 1.48. The number of carbonyl (C=O) groups excluding carboxylic acids is 1. The summed E-state index contributed by atoms with van der Waals surface area (Å²) in [7, 11) is 0. The molecule has 2 aliphatic carbocycles. The van der Waals surface area contributed by atoms with Gasteiger partial charge in [0.2, 0.25) is 5.91 Å². The predicted octanol–water partition coefficient (Wildman–Crippen LogP) is 2.71. The summed E-state index contributed by atoms with van der Waals surface area (Å²) < 4.78 is 0. The van der Waals surface area contributed by atoms with Gasteiger partial charge in [-0.3, -0.25) is 4.79 Å². The molecule has 0 bridgehead atoms. The van der Waals surface area contributed by atoms with Crippen LogP contribution in [-0.2, 0) is 4.79 Å². The van der Waals surface area contributed by atoms with Gasteiger partial charge in [0.25, 0.3) is 0 Å². The van der Waals surface area contributed by atoms with Gasteiger partial charge >= 0.3 is 0 Å². The summed E-state index contributed by atoms with van der Waals surface area (Å²) in [4.78, 5) is 12.4. The Morgan fingerprint density at radius 1 is 1.25 bits per heavy atom. The lowest BCUT2D eigenvalue weighted by Crippen LogP contribution is -2.44. The van der Waals surface area contributed by atoms with E-state index in [1.807, 2.05) is 0 Å². The summed E-state index contributed by atoms with van der Waals surface area (Å²) in [6, 6.07) is 0. The molecule has 0 aromatic rings. The van der Waals surface area contributed by atoms with Crippen LogP contribution in [0.4, 0.5) is 0 Å². The minimum Gasteiger partial charge on any atom is -0.355 e. The Bertz CT molecular complexity index is 367. The van der Waals surface area contributed by atoms with Crippen LogP contribution in [0.2, 0.25) is 0 Å². The van der Waals surface area contributed by atoms with E-state index in [4.69, 9.17) is 0 Å². The van der Waals surface area contributed by atoms with Crippen molar-refractivity contribution >= 4 is 5.91 Å². The molecule has 0 radical (unpaired) electrons. The molecule has 3 heteroatoms. The van der Waals surface area contributed by atoms with E-state index in [2.05, 4.69) is 24.5 Å². The molecular weight excluding hydrogens is 248 g/mol. The first kappa shape index (κ1) is 14.4. The van der Waals surface area contributed by atoms with Crippen molar-refractivity contribution < 1.29 is 4.79 Å². The highest BCUT2D eigenvalue weighted by Crippen LogP contribution is 2.58. The maximum absolute atomic E-state index is 12.4. The maximum atomic E-state index is 12.4. The molecule has 0 aromatic carbocycles. The van der Waals surface area contributed by atoms with Crippen molar-refractivity contribution in [2.75, 3.05) is 19.6 Å². The summed E-state index contributed by atoms with van der Waals surface area (Å²) in [5, 5.41) is 6.71. The fraction of sp³-hybridized carbons (Fsp3) is 0.941. The Morgan fingerprint density at radius 3 is 2.50 bits per heavy atom. The normalized spacial score (nSPS) is 30.1. The molecule has 20 heavy (non-hydrogen) atoms. The average Bonchev–Trinajstić information content (AvgIpc) is 3.06. The summed E-state index contributed by atoms with van der Waals surface area (Å²) in [6.45, 7) is 7.72. The summed E-state index contributed by atoms with van der Waals surface area (Å²) in [5.74, 6) is 1.41. The van der Waals surface area contributed by atoms with Gasteiger partial charge in [-0.2, -0.15) is 0 Å². The van der Waals surface area contributed by atoms with E-state index in [0.29, 0.717) is 22.7 Å². The van der Waals surface area contributed by atoms with Crippen molar-refractivity contribution in [2.45, 2.75) is 58.8 Å². The van der Waals surface area contributed by atoms with Crippen LogP contribution in [0, 0.1) is 22.7 Å². The summed E-state index contributed by atoms with van der Waals surface area (Å²) >= 11 is 0. The monoisotopic (exact) mass is 278 g/mol. The molecule has 1 heterocycles. The average molecular weight is 278 g/mol. The Kier molecular flexibility index (Phi) is 3.83. The second kappa shape index (κ2) is 5.32. The maximum Gasteiger partial charge on any atom is 0.223 e. The van der Waals surface area contributed by atoms with Crippen molar-refractivity contribution in [1.82, 2.24) is 10.6 Å². The molecule has 1 spiro atoms. The molecule has 3 fully saturated rings. The van der Waals surface area contributed by atoms with Crippen molar-refractivity contribution in [3.8, 4) is 0 Å². The van der Waals surface area contributed by atoms with Gasteiger partial charge in [0.05, 0.1) is 0 Å². The molecule has 1 amide bonds. The van der Waals surface area contributed by atoms with Gasteiger partial charge in [-0.1, -0.05) is 20.3 Å². The van der Waals surface area contributed by atoms with Crippen LogP contribution < -0.4 is 10.6 Å². The van der Waals surface area contributed by atoms with Gasteiger partial charge in [0.15, 0.2) is 0 Å². The number of piperidine rings is 1. The fourth-order valence-corrected chi connectivity index (χ4v) is 4.59. The molecule has 1 unspecified atom stereocenters. The van der Waals surface area contributed by atoms with Crippen LogP contribution in [0.1, 0.15) is 58.8 Å². The highest BCUT2D eigenvalue weighted by atomic mass is 16.2. The second-order valence-corrected chi connectivity index (χ2v) is 8.04. The Labute approximate surface area is 123 Å². The molecule has 2 N–H and O–H groups in total. The van der Waals surface area contributed by atoms with Gasteiger partial charge < -0.3 is 10.6 Å². The number of hydrogen-bond donors (Lipinski definition) is 2. The molecule has 2 saturated carbocycles. The SMILES string of the molecule is CC(C)CC1(CNC(=O)C2CC23CCNCC3)CCC1. The standard InChI is InChI=1S/C17H30N2O/c1-13(2)10-16(4-3-5-16)12-19-15(20)14-11-17(14)6-8-18-9-7-17/h13-14,18H,3-12H2,1-2H3,(H,19,20). The lowest BCUT2D eigenvalue weighted by Gasteiger charge is -2.43. The van der Waals surface area contributed by atoms with Gasteiger partial charge in [-0.05, 0) is 68.4 Å². The van der Waals surface area contributed by atoms with Crippen molar-refractivity contribution in [3.63, 3.8) is 0 Å². The van der Waals surface area contributed by atoms with E-state index >= 15 is 0 Å². The fourth-order valence-electron chi connectivity index (χ4n) is 4.59. The Hall–Kier alpha value is -0.570. The first-order valence-corrected chi connectivity index (χ1v) is 8.54. The number of carbonyl (C=O) groups is 1. The molecule has 1 aliphatic heterocycles. The highest BCUT2D eigenvalue weighted by molar-refractivity contribution is 5.82. The van der Waals surface area contributed by atoms with E-state index in [9.17, 15) is 4.79 Å². The molecular formula is C17H30N2O. The van der Waals surface area contributed by atoms with E-state index in [0.717, 1.165) is 32.0 Å². The number of hydrogen-bond acceptors (Lipinski definition) is 2. The third-order valence-corrected chi connectivity index (χ3v) is 6.00. The van der Waals surface area contributed by atoms with Gasteiger partial charge in [-0.25, -0.2) is 0 Å². The first-order chi connectivity index (χ1) is 9.55. The van der Waals surface area contributed by atoms with Crippen LogP contribution in [0.15, 0.2) is 0 Å². The smallest absolute Gasteiger partial charge is 0.223 e. The van der Waals surface area contributed by atoms with Crippen LogP contribution in [0.3, 0.4) is 0 Å². The molecule has 3 nitrogen and oxygen atoms in total. The number of amides is 1. The van der Waals surface area contributed by atoms with Gasteiger partial charge in [0, 0.05) is 12.5 Å². The van der Waals surface area contributed by atoms with Crippen LogP contribution in [0.5, 0.6) is 0 Å². The van der Waals surface area contributed by atoms with E-state index < -0.39 is 0 Å². The molecule has 3 aliphatic rings. The lowest BCUT2D eigenvalue weighted by atomic mass is 9.64. The van der Waals surface area contributed by atoms with Crippen LogP contribution >= 0.6 is 0 Å². The van der Waals surface area contributed by atoms with Crippen molar-refractivity contribution in [1.29, 1.82) is 0 Å². The van der Waals surface area contributed by atoms with Gasteiger partial charge in [0.1, 0.15) is 0 Å². The summed E-state index contributed by atoms with van der Waals surface area (Å²) in [6.07, 6.45) is 8.77. The molecule has 1 atom stereocenters. The third-order valence-electron chi connectivity index (χ3n) is 6.00. The quantitative estimate of drug-likeness (QED) is 0.812. The predicted molar refractivity (Wildman–Crippen MR) is 81.4 cm³/mol. The zero-order valence-corrected chi connectivity index (χ0v) is 13.1. The third kappa shape index (κ3) is 2.74. The minimum absolute atomic E-state index is 0.320. The lowest BCUT2D eigenvalue weighted by molar-refractivity contribution is -0.124. The van der Waals surface area contributed by atoms with E-state index in [-0.39, 0.29) is 0 Å².